The zero-order valence-corrected chi connectivity index (χ0v) is 19.8. The van der Waals surface area contributed by atoms with Crippen LogP contribution in [0.1, 0.15) is 83.2 Å². The zero-order chi connectivity index (χ0) is 23.6. The first-order chi connectivity index (χ1) is 16.4. The molecule has 2 aromatic carbocycles. The van der Waals surface area contributed by atoms with Gasteiger partial charge < -0.3 is 19.6 Å². The minimum atomic E-state index is -0.591. The predicted octanol–water partition coefficient (Wildman–Crippen LogP) is 2.55. The van der Waals surface area contributed by atoms with Gasteiger partial charge in [0.25, 0.3) is 0 Å². The van der Waals surface area contributed by atoms with Crippen molar-refractivity contribution in [3.63, 3.8) is 0 Å². The molecule has 3 aliphatic heterocycles. The van der Waals surface area contributed by atoms with Gasteiger partial charge in [-0.3, -0.25) is 9.59 Å². The fourth-order valence-corrected chi connectivity index (χ4v) is 6.45. The Bertz CT molecular complexity index is 1200. The lowest BCUT2D eigenvalue weighted by Crippen LogP contribution is -2.51. The van der Waals surface area contributed by atoms with E-state index < -0.39 is 6.10 Å². The first kappa shape index (κ1) is 22.0. The smallest absolute Gasteiger partial charge is 0.338 e. The minimum Gasteiger partial charge on any atom is -0.457 e. The topological polar surface area (TPSA) is 87.2 Å². The number of benzene rings is 1. The summed E-state index contributed by atoms with van der Waals surface area (Å²) in [5.41, 5.74) is 4.72. The highest BCUT2D eigenvalue weighted by Crippen LogP contribution is 2.46. The molecule has 3 fully saturated rings. The number of esters is 1. The molecule has 0 bridgehead atoms. The van der Waals surface area contributed by atoms with Crippen molar-refractivity contribution in [2.75, 3.05) is 37.6 Å². The molecular formula is C27H32N2O5. The summed E-state index contributed by atoms with van der Waals surface area (Å²) < 4.78 is 5.14. The van der Waals surface area contributed by atoms with E-state index >= 15 is 0 Å². The molecule has 180 valence electrons. The van der Waals surface area contributed by atoms with E-state index in [2.05, 4.69) is 9.80 Å². The maximum absolute atomic E-state index is 12.2. The number of nitrogens with zero attached hydrogens (tertiary/aromatic N) is 2. The number of cyclic esters (lactones) is 1. The number of aliphatic hydroxyl groups is 1. The molecular weight excluding hydrogens is 432 g/mol. The largest absolute Gasteiger partial charge is 0.457 e. The van der Waals surface area contributed by atoms with Crippen molar-refractivity contribution in [2.24, 2.45) is 5.41 Å². The third kappa shape index (κ3) is 3.52. The summed E-state index contributed by atoms with van der Waals surface area (Å²) in [5.74, 6) is 0.0629. The molecule has 3 heterocycles. The summed E-state index contributed by atoms with van der Waals surface area (Å²) in [6, 6.07) is 3.64. The molecule has 34 heavy (non-hydrogen) atoms. The van der Waals surface area contributed by atoms with Crippen LogP contribution >= 0.6 is 0 Å². The summed E-state index contributed by atoms with van der Waals surface area (Å²) in [7, 11) is 0. The number of piperidine rings is 2. The van der Waals surface area contributed by atoms with E-state index in [1.165, 1.54) is 0 Å². The van der Waals surface area contributed by atoms with E-state index in [4.69, 9.17) is 4.74 Å². The Balaban J connectivity index is 1.05. The maximum atomic E-state index is 12.2. The molecule has 1 N–H and O–H groups in total. The molecule has 0 radical (unpaired) electrons. The number of hydrogen-bond donors (Lipinski definition) is 1. The van der Waals surface area contributed by atoms with E-state index in [9.17, 15) is 19.5 Å². The number of carbonyl (C=O) groups excluding carboxylic acids is 1. The van der Waals surface area contributed by atoms with Gasteiger partial charge in [0.15, 0.2) is 0 Å². The molecule has 1 aliphatic carbocycles. The predicted molar refractivity (Wildman–Crippen MR) is 128 cm³/mol. The Hall–Kier alpha value is -2.51. The van der Waals surface area contributed by atoms with E-state index in [0.29, 0.717) is 30.0 Å². The van der Waals surface area contributed by atoms with Crippen LogP contribution in [0.4, 0.5) is 5.69 Å². The Labute approximate surface area is 199 Å². The normalized spacial score (nSPS) is 23.4. The van der Waals surface area contributed by atoms with E-state index in [1.807, 2.05) is 13.0 Å². The first-order valence-corrected chi connectivity index (χ1v) is 12.6. The van der Waals surface area contributed by atoms with Crippen molar-refractivity contribution >= 4 is 11.7 Å². The Morgan fingerprint density at radius 2 is 1.71 bits per heavy atom. The lowest BCUT2D eigenvalue weighted by atomic mass is 9.71. The molecule has 1 atom stereocenters. The fourth-order valence-electron chi connectivity index (χ4n) is 6.45. The number of fused-ring (bicyclic) bond motifs is 1. The standard InChI is InChI=1S/C27H32N2O5/c1-16-18(4-5-19-20(16)15-34-26(19)33)21(30)14-28-10-6-27(7-11-28)8-12-29(13-9-27)23-22(17-2-3-17)24(31)25(23)32/h4-5,17,21,30H,2-3,6-15H2,1H3. The van der Waals surface area contributed by atoms with Gasteiger partial charge >= 0.3 is 5.97 Å². The molecule has 7 heteroatoms. The van der Waals surface area contributed by atoms with Crippen LogP contribution in [0, 0.1) is 12.3 Å². The molecule has 1 spiro atoms. The van der Waals surface area contributed by atoms with E-state index in [-0.39, 0.29) is 16.8 Å². The van der Waals surface area contributed by atoms with Gasteiger partial charge in [0.1, 0.15) is 6.61 Å². The number of hydrogen-bond acceptors (Lipinski definition) is 7. The Kier molecular flexibility index (Phi) is 5.19. The van der Waals surface area contributed by atoms with E-state index in [1.54, 1.807) is 6.07 Å². The maximum Gasteiger partial charge on any atom is 0.338 e. The van der Waals surface area contributed by atoms with Gasteiger partial charge in [0.2, 0.25) is 10.9 Å². The summed E-state index contributed by atoms with van der Waals surface area (Å²) in [4.78, 5) is 40.6. The molecule has 4 aliphatic rings. The Morgan fingerprint density at radius 3 is 2.38 bits per heavy atom. The molecule has 6 rings (SSSR count). The van der Waals surface area contributed by atoms with Crippen LogP contribution in [0.5, 0.6) is 0 Å². The average molecular weight is 465 g/mol. The van der Waals surface area contributed by atoms with Crippen LogP contribution in [-0.2, 0) is 11.3 Å². The van der Waals surface area contributed by atoms with Crippen LogP contribution in [-0.4, -0.2) is 48.7 Å². The number of β-amino-alcohol motifs (C(OH)–C–C–N with tert-alkyl or cyclic N) is 1. The monoisotopic (exact) mass is 464 g/mol. The van der Waals surface area contributed by atoms with Gasteiger partial charge in [-0.1, -0.05) is 6.07 Å². The molecule has 0 amide bonds. The molecule has 1 saturated carbocycles. The van der Waals surface area contributed by atoms with Crippen molar-refractivity contribution < 1.29 is 14.6 Å². The number of likely N-dealkylation sites (tertiary alicyclic amines) is 1. The van der Waals surface area contributed by atoms with Gasteiger partial charge in [0, 0.05) is 30.8 Å². The molecule has 7 nitrogen and oxygen atoms in total. The van der Waals surface area contributed by atoms with Crippen LogP contribution in [0.15, 0.2) is 21.7 Å². The van der Waals surface area contributed by atoms with Gasteiger partial charge in [-0.15, -0.1) is 0 Å². The average Bonchev–Trinajstić information content (AvgIpc) is 3.60. The number of ether oxygens (including phenoxy) is 1. The lowest BCUT2D eigenvalue weighted by Gasteiger charge is -2.48. The fraction of sp³-hybridized carbons (Fsp3) is 0.593. The lowest BCUT2D eigenvalue weighted by molar-refractivity contribution is 0.0447. The second kappa shape index (κ2) is 8.02. The SMILES string of the molecule is Cc1c(C(O)CN2CCC3(CC2)CCN(c2c(C4CC4)c(=O)c2=O)CC3)ccc2c1COC2=O. The van der Waals surface area contributed by atoms with Crippen molar-refractivity contribution in [1.29, 1.82) is 0 Å². The van der Waals surface area contributed by atoms with Crippen LogP contribution < -0.4 is 15.8 Å². The van der Waals surface area contributed by atoms with Crippen molar-refractivity contribution in [3.8, 4) is 0 Å². The van der Waals surface area contributed by atoms with Crippen molar-refractivity contribution in [2.45, 2.75) is 64.1 Å². The van der Waals surface area contributed by atoms with Crippen LogP contribution in [0.25, 0.3) is 0 Å². The van der Waals surface area contributed by atoms with Gasteiger partial charge in [-0.25, -0.2) is 4.79 Å². The molecule has 1 unspecified atom stereocenters. The second-order valence-electron chi connectivity index (χ2n) is 10.9. The highest BCUT2D eigenvalue weighted by atomic mass is 16.5. The minimum absolute atomic E-state index is 0.234. The van der Waals surface area contributed by atoms with Gasteiger partial charge in [0.05, 0.1) is 17.4 Å². The summed E-state index contributed by atoms with van der Waals surface area (Å²) in [6.45, 7) is 6.48. The summed E-state index contributed by atoms with van der Waals surface area (Å²) >= 11 is 0. The van der Waals surface area contributed by atoms with Gasteiger partial charge in [-0.05, 0) is 87.1 Å². The van der Waals surface area contributed by atoms with Crippen molar-refractivity contribution in [1.82, 2.24) is 4.90 Å². The number of aliphatic hydroxyl groups excluding tert-OH is 1. The molecule has 2 aromatic rings. The first-order valence-electron chi connectivity index (χ1n) is 12.6. The summed E-state index contributed by atoms with van der Waals surface area (Å²) in [6.07, 6.45) is 5.82. The van der Waals surface area contributed by atoms with Crippen molar-refractivity contribution in [3.05, 3.63) is 60.4 Å². The third-order valence-corrected chi connectivity index (χ3v) is 8.96. The summed E-state index contributed by atoms with van der Waals surface area (Å²) in [5, 5.41) is 11.0. The second-order valence-corrected chi connectivity index (χ2v) is 10.9. The molecule has 2 saturated heterocycles. The Morgan fingerprint density at radius 1 is 1.03 bits per heavy atom. The van der Waals surface area contributed by atoms with Crippen LogP contribution in [0.2, 0.25) is 0 Å². The zero-order valence-electron chi connectivity index (χ0n) is 19.8. The number of rotatable bonds is 5. The number of anilines is 1. The van der Waals surface area contributed by atoms with Crippen LogP contribution in [0.3, 0.4) is 0 Å². The highest BCUT2D eigenvalue weighted by Gasteiger charge is 2.42. The third-order valence-electron chi connectivity index (χ3n) is 8.96. The highest BCUT2D eigenvalue weighted by molar-refractivity contribution is 5.93. The molecule has 0 aromatic heterocycles. The number of carbonyl (C=O) groups is 1. The quantitative estimate of drug-likeness (QED) is 0.538. The van der Waals surface area contributed by atoms with Gasteiger partial charge in [-0.2, -0.15) is 0 Å². The van der Waals surface area contributed by atoms with E-state index in [0.717, 1.165) is 92.6 Å².